The van der Waals surface area contributed by atoms with Crippen LogP contribution in [0, 0.1) is 11.8 Å². The van der Waals surface area contributed by atoms with Gasteiger partial charge in [-0.3, -0.25) is 0 Å². The first-order valence-corrected chi connectivity index (χ1v) is 8.09. The van der Waals surface area contributed by atoms with Gasteiger partial charge in [-0.1, -0.05) is 58.1 Å². The van der Waals surface area contributed by atoms with E-state index >= 15 is 0 Å². The molecule has 0 saturated carbocycles. The highest BCUT2D eigenvalue weighted by atomic mass is 79.9. The standard InChI is InChI=1S/C19H19BrO3/c1-22-18-10-8-15(9-11-18)14-23-12-4-6-17(21)13-16-5-2-3-7-19(16)20/h2-3,5,7-11,17,21H,12-14H2,1H3. The molecule has 23 heavy (non-hydrogen) atoms. The Morgan fingerprint density at radius 3 is 2.57 bits per heavy atom. The molecular formula is C19H19BrO3. The molecule has 0 aromatic heterocycles. The number of benzene rings is 2. The lowest BCUT2D eigenvalue weighted by Gasteiger charge is -2.06. The maximum absolute atomic E-state index is 9.94. The largest absolute Gasteiger partial charge is 0.497 e. The van der Waals surface area contributed by atoms with E-state index in [0.717, 1.165) is 21.3 Å². The Morgan fingerprint density at radius 1 is 1.13 bits per heavy atom. The molecule has 2 rings (SSSR count). The second kappa shape index (κ2) is 9.36. The van der Waals surface area contributed by atoms with E-state index in [0.29, 0.717) is 19.6 Å². The van der Waals surface area contributed by atoms with Crippen molar-refractivity contribution in [2.75, 3.05) is 13.7 Å². The van der Waals surface area contributed by atoms with Crippen molar-refractivity contribution in [3.05, 3.63) is 64.1 Å². The van der Waals surface area contributed by atoms with Crippen molar-refractivity contribution in [2.24, 2.45) is 0 Å². The number of ether oxygens (including phenoxy) is 2. The number of aliphatic hydroxyl groups excluding tert-OH is 1. The van der Waals surface area contributed by atoms with Crippen molar-refractivity contribution >= 4 is 15.9 Å². The molecule has 3 nitrogen and oxygen atoms in total. The van der Waals surface area contributed by atoms with Gasteiger partial charge in [0.1, 0.15) is 18.5 Å². The van der Waals surface area contributed by atoms with E-state index in [1.165, 1.54) is 0 Å². The van der Waals surface area contributed by atoms with Gasteiger partial charge in [-0.2, -0.15) is 0 Å². The van der Waals surface area contributed by atoms with E-state index in [1.807, 2.05) is 48.5 Å². The first-order valence-electron chi connectivity index (χ1n) is 7.29. The van der Waals surface area contributed by atoms with Crippen LogP contribution in [0.25, 0.3) is 0 Å². The van der Waals surface area contributed by atoms with Crippen LogP contribution in [0.4, 0.5) is 0 Å². The van der Waals surface area contributed by atoms with Crippen molar-refractivity contribution in [2.45, 2.75) is 19.1 Å². The van der Waals surface area contributed by atoms with Gasteiger partial charge in [0.25, 0.3) is 0 Å². The number of hydrogen-bond acceptors (Lipinski definition) is 3. The second-order valence-corrected chi connectivity index (χ2v) is 5.83. The molecule has 0 saturated heterocycles. The minimum absolute atomic E-state index is 0.291. The van der Waals surface area contributed by atoms with Gasteiger partial charge in [-0.15, -0.1) is 0 Å². The minimum atomic E-state index is -0.696. The van der Waals surface area contributed by atoms with Gasteiger partial charge < -0.3 is 14.6 Å². The normalized spacial score (nSPS) is 11.4. The number of hydrogen-bond donors (Lipinski definition) is 1. The van der Waals surface area contributed by atoms with Gasteiger partial charge in [0.2, 0.25) is 0 Å². The molecule has 0 amide bonds. The highest BCUT2D eigenvalue weighted by molar-refractivity contribution is 9.10. The average molecular weight is 375 g/mol. The van der Waals surface area contributed by atoms with Crippen LogP contribution in [0.5, 0.6) is 5.75 Å². The van der Waals surface area contributed by atoms with Crippen LogP contribution >= 0.6 is 15.9 Å². The van der Waals surface area contributed by atoms with E-state index in [9.17, 15) is 5.11 Å². The molecule has 0 aliphatic rings. The molecule has 0 heterocycles. The quantitative estimate of drug-likeness (QED) is 0.620. The van der Waals surface area contributed by atoms with Crippen LogP contribution in [0.15, 0.2) is 53.0 Å². The fourth-order valence-electron chi connectivity index (χ4n) is 2.02. The van der Waals surface area contributed by atoms with Crippen molar-refractivity contribution < 1.29 is 14.6 Å². The fourth-order valence-corrected chi connectivity index (χ4v) is 2.47. The predicted octanol–water partition coefficient (Wildman–Crippen LogP) is 3.58. The predicted molar refractivity (Wildman–Crippen MR) is 94.3 cm³/mol. The van der Waals surface area contributed by atoms with Gasteiger partial charge in [-0.25, -0.2) is 0 Å². The van der Waals surface area contributed by atoms with Gasteiger partial charge in [0, 0.05) is 10.9 Å². The Balaban J connectivity index is 1.73. The molecule has 1 atom stereocenters. The first-order chi connectivity index (χ1) is 11.2. The lowest BCUT2D eigenvalue weighted by Crippen LogP contribution is -2.08. The van der Waals surface area contributed by atoms with Crippen molar-refractivity contribution in [1.82, 2.24) is 0 Å². The Hall–Kier alpha value is -1.80. The molecule has 1 N–H and O–H groups in total. The van der Waals surface area contributed by atoms with Crippen molar-refractivity contribution in [1.29, 1.82) is 0 Å². The third-order valence-electron chi connectivity index (χ3n) is 3.24. The zero-order valence-electron chi connectivity index (χ0n) is 13.0. The molecule has 120 valence electrons. The summed E-state index contributed by atoms with van der Waals surface area (Å²) in [5.74, 6) is 6.48. The van der Waals surface area contributed by atoms with Crippen molar-refractivity contribution in [3.63, 3.8) is 0 Å². The zero-order chi connectivity index (χ0) is 16.5. The SMILES string of the molecule is COc1ccc(COCC#CC(O)Cc2ccccc2Br)cc1. The molecule has 0 aliphatic heterocycles. The lowest BCUT2D eigenvalue weighted by molar-refractivity contribution is 0.153. The molecule has 0 bridgehead atoms. The molecule has 2 aromatic rings. The highest BCUT2D eigenvalue weighted by Gasteiger charge is 2.04. The van der Waals surface area contributed by atoms with Crippen LogP contribution in [-0.4, -0.2) is 24.9 Å². The van der Waals surface area contributed by atoms with Crippen LogP contribution in [0.3, 0.4) is 0 Å². The Kier molecular flexibility index (Phi) is 7.15. The summed E-state index contributed by atoms with van der Waals surface area (Å²) in [5, 5.41) is 9.94. The summed E-state index contributed by atoms with van der Waals surface area (Å²) < 4.78 is 11.6. The van der Waals surface area contributed by atoms with Gasteiger partial charge in [-0.05, 0) is 29.3 Å². The smallest absolute Gasteiger partial charge is 0.118 e. The maximum Gasteiger partial charge on any atom is 0.118 e. The summed E-state index contributed by atoms with van der Waals surface area (Å²) >= 11 is 3.46. The summed E-state index contributed by atoms with van der Waals surface area (Å²) in [7, 11) is 1.64. The first kappa shape index (κ1) is 17.6. The minimum Gasteiger partial charge on any atom is -0.497 e. The topological polar surface area (TPSA) is 38.7 Å². The van der Waals surface area contributed by atoms with E-state index in [-0.39, 0.29) is 0 Å². The maximum atomic E-state index is 9.94. The number of rotatable bonds is 6. The molecule has 1 unspecified atom stereocenters. The highest BCUT2D eigenvalue weighted by Crippen LogP contribution is 2.17. The average Bonchev–Trinajstić information content (AvgIpc) is 2.57. The van der Waals surface area contributed by atoms with E-state index in [4.69, 9.17) is 9.47 Å². The fraction of sp³-hybridized carbons (Fsp3) is 0.263. The van der Waals surface area contributed by atoms with Crippen LogP contribution in [0.1, 0.15) is 11.1 Å². The van der Waals surface area contributed by atoms with E-state index < -0.39 is 6.10 Å². The monoisotopic (exact) mass is 374 g/mol. The molecule has 0 fully saturated rings. The van der Waals surface area contributed by atoms with Gasteiger partial charge in [0.05, 0.1) is 13.7 Å². The molecule has 4 heteroatoms. The summed E-state index contributed by atoms with van der Waals surface area (Å²) in [5.41, 5.74) is 2.09. The Labute approximate surface area is 145 Å². The Morgan fingerprint density at radius 2 is 1.87 bits per heavy atom. The Bertz CT molecular complexity index is 671. The summed E-state index contributed by atoms with van der Waals surface area (Å²) in [6.45, 7) is 0.776. The summed E-state index contributed by atoms with van der Waals surface area (Å²) in [4.78, 5) is 0. The molecular weight excluding hydrogens is 356 g/mol. The summed E-state index contributed by atoms with van der Waals surface area (Å²) in [6, 6.07) is 15.5. The second-order valence-electron chi connectivity index (χ2n) is 4.97. The number of methoxy groups -OCH3 is 1. The van der Waals surface area contributed by atoms with Crippen LogP contribution in [0.2, 0.25) is 0 Å². The molecule has 0 radical (unpaired) electrons. The van der Waals surface area contributed by atoms with Gasteiger partial charge in [0.15, 0.2) is 0 Å². The molecule has 2 aromatic carbocycles. The molecule has 0 aliphatic carbocycles. The number of halogens is 1. The van der Waals surface area contributed by atoms with Gasteiger partial charge >= 0.3 is 0 Å². The lowest BCUT2D eigenvalue weighted by atomic mass is 10.1. The van der Waals surface area contributed by atoms with E-state index in [1.54, 1.807) is 7.11 Å². The third-order valence-corrected chi connectivity index (χ3v) is 4.02. The molecule has 0 spiro atoms. The van der Waals surface area contributed by atoms with Crippen LogP contribution in [-0.2, 0) is 17.8 Å². The number of aliphatic hydroxyl groups is 1. The zero-order valence-corrected chi connectivity index (χ0v) is 14.5. The van der Waals surface area contributed by atoms with Crippen molar-refractivity contribution in [3.8, 4) is 17.6 Å². The van der Waals surface area contributed by atoms with E-state index in [2.05, 4.69) is 27.8 Å². The summed E-state index contributed by atoms with van der Waals surface area (Å²) in [6.07, 6.45) is -0.203. The van der Waals surface area contributed by atoms with Crippen LogP contribution < -0.4 is 4.74 Å². The third kappa shape index (κ3) is 6.07.